The molecule has 0 bridgehead atoms. The van der Waals surface area contributed by atoms with Gasteiger partial charge in [-0.2, -0.15) is 0 Å². The average molecular weight is 440 g/mol. The molecule has 0 aliphatic rings. The van der Waals surface area contributed by atoms with Gasteiger partial charge in [-0.1, -0.05) is 30.0 Å². The number of aromatic nitrogens is 3. The van der Waals surface area contributed by atoms with Crippen LogP contribution >= 0.6 is 11.8 Å². The lowest BCUT2D eigenvalue weighted by Gasteiger charge is -2.23. The number of likely N-dealkylation sites (N-methyl/N-ethyl adjacent to an activating group) is 1. The van der Waals surface area contributed by atoms with E-state index in [9.17, 15) is 4.79 Å². The smallest absolute Gasteiger partial charge is 0.230 e. The van der Waals surface area contributed by atoms with Crippen LogP contribution in [0.5, 0.6) is 0 Å². The number of benzene rings is 1. The number of amides is 1. The third-order valence-corrected chi connectivity index (χ3v) is 5.88. The van der Waals surface area contributed by atoms with Crippen LogP contribution in [0.2, 0.25) is 0 Å². The van der Waals surface area contributed by atoms with Gasteiger partial charge in [-0.05, 0) is 44.5 Å². The first-order valence-electron chi connectivity index (χ1n) is 10.3. The molecule has 1 amide bonds. The van der Waals surface area contributed by atoms with E-state index in [4.69, 9.17) is 4.42 Å². The van der Waals surface area contributed by atoms with Crippen molar-refractivity contribution in [3.8, 4) is 11.4 Å². The number of carbonyl (C=O) groups is 1. The van der Waals surface area contributed by atoms with Gasteiger partial charge in [0.15, 0.2) is 11.0 Å². The quantitative estimate of drug-likeness (QED) is 0.358. The molecule has 3 rings (SSSR count). The van der Waals surface area contributed by atoms with Crippen molar-refractivity contribution in [3.63, 3.8) is 0 Å². The lowest BCUT2D eigenvalue weighted by atomic mass is 10.2. The summed E-state index contributed by atoms with van der Waals surface area (Å²) in [6.07, 6.45) is 3.42. The molecule has 0 saturated carbocycles. The Morgan fingerprint density at radius 3 is 2.84 bits per heavy atom. The van der Waals surface area contributed by atoms with E-state index in [1.54, 1.807) is 12.3 Å². The fourth-order valence-corrected chi connectivity index (χ4v) is 4.09. The number of aryl methyl sites for hydroxylation is 2. The molecule has 2 aromatic heterocycles. The van der Waals surface area contributed by atoms with Crippen LogP contribution < -0.4 is 10.2 Å². The molecule has 2 heterocycles. The summed E-state index contributed by atoms with van der Waals surface area (Å²) in [7, 11) is 0. The van der Waals surface area contributed by atoms with Gasteiger partial charge in [0.25, 0.3) is 0 Å². The van der Waals surface area contributed by atoms with Crippen molar-refractivity contribution in [2.75, 3.05) is 30.3 Å². The van der Waals surface area contributed by atoms with E-state index in [0.29, 0.717) is 24.1 Å². The van der Waals surface area contributed by atoms with Gasteiger partial charge in [-0.15, -0.1) is 16.8 Å². The molecule has 0 aliphatic carbocycles. The van der Waals surface area contributed by atoms with Gasteiger partial charge in [-0.25, -0.2) is 0 Å². The molecule has 1 N–H and O–H groups in total. The minimum atomic E-state index is -0.0282. The molecule has 31 heavy (non-hydrogen) atoms. The van der Waals surface area contributed by atoms with Crippen LogP contribution in [0.4, 0.5) is 5.69 Å². The molecule has 7 nitrogen and oxygen atoms in total. The van der Waals surface area contributed by atoms with Gasteiger partial charge in [0.1, 0.15) is 5.76 Å². The highest BCUT2D eigenvalue weighted by atomic mass is 32.2. The minimum Gasteiger partial charge on any atom is -0.469 e. The summed E-state index contributed by atoms with van der Waals surface area (Å²) in [4.78, 5) is 14.6. The Labute approximate surface area is 187 Å². The molecule has 0 spiro atoms. The number of hydrogen-bond donors (Lipinski definition) is 1. The number of anilines is 1. The predicted molar refractivity (Wildman–Crippen MR) is 125 cm³/mol. The summed E-state index contributed by atoms with van der Waals surface area (Å²) in [5.41, 5.74) is 3.29. The highest BCUT2D eigenvalue weighted by Crippen LogP contribution is 2.27. The predicted octanol–water partition coefficient (Wildman–Crippen LogP) is 4.08. The number of rotatable bonds is 11. The van der Waals surface area contributed by atoms with E-state index in [1.807, 2.05) is 17.6 Å². The monoisotopic (exact) mass is 439 g/mol. The van der Waals surface area contributed by atoms with Crippen molar-refractivity contribution in [2.45, 2.75) is 32.5 Å². The Kier molecular flexibility index (Phi) is 7.94. The first-order chi connectivity index (χ1) is 15.0. The third-order valence-electron chi connectivity index (χ3n) is 4.91. The lowest BCUT2D eigenvalue weighted by molar-refractivity contribution is -0.118. The molecule has 0 radical (unpaired) electrons. The molecule has 0 unspecified atom stereocenters. The van der Waals surface area contributed by atoms with Crippen molar-refractivity contribution in [3.05, 3.63) is 60.6 Å². The number of nitrogens with one attached hydrogen (secondary N) is 1. The Morgan fingerprint density at radius 1 is 1.32 bits per heavy atom. The number of carbonyl (C=O) groups excluding carboxylic acids is 1. The number of nitrogens with zero attached hydrogens (tertiary/aromatic N) is 4. The zero-order valence-electron chi connectivity index (χ0n) is 18.3. The molecule has 0 saturated heterocycles. The lowest BCUT2D eigenvalue weighted by Crippen LogP contribution is -2.35. The molecule has 1 aromatic carbocycles. The highest BCUT2D eigenvalue weighted by Gasteiger charge is 2.17. The van der Waals surface area contributed by atoms with Crippen molar-refractivity contribution in [2.24, 2.45) is 0 Å². The molecular weight excluding hydrogens is 410 g/mol. The van der Waals surface area contributed by atoms with Crippen molar-refractivity contribution >= 4 is 23.4 Å². The second kappa shape index (κ2) is 10.9. The SMILES string of the molecule is C=CCn1c(SCC(=O)NCCN(CC)c2cccc(C)c2)nnc1-c1ccoc1C. The first kappa shape index (κ1) is 22.7. The van der Waals surface area contributed by atoms with E-state index in [0.717, 1.165) is 24.4 Å². The second-order valence-electron chi connectivity index (χ2n) is 7.15. The summed E-state index contributed by atoms with van der Waals surface area (Å²) in [5.74, 6) is 1.74. The number of thioether (sulfide) groups is 1. The molecular formula is C23H29N5O2S. The van der Waals surface area contributed by atoms with E-state index in [-0.39, 0.29) is 11.7 Å². The molecule has 8 heteroatoms. The number of hydrogen-bond acceptors (Lipinski definition) is 6. The molecule has 0 fully saturated rings. The maximum Gasteiger partial charge on any atom is 0.230 e. The largest absolute Gasteiger partial charge is 0.469 e. The second-order valence-corrected chi connectivity index (χ2v) is 8.10. The van der Waals surface area contributed by atoms with Crippen LogP contribution in [0.25, 0.3) is 11.4 Å². The standard InChI is InChI=1S/C23H29N5O2S/c1-5-12-28-22(20-10-14-30-18(20)4)25-26-23(28)31-16-21(29)24-11-13-27(6-2)19-9-7-8-17(3)15-19/h5,7-10,14-15H,1,6,11-13,16H2,2-4H3,(H,24,29). The van der Waals surface area contributed by atoms with Gasteiger partial charge < -0.3 is 14.6 Å². The van der Waals surface area contributed by atoms with Crippen LogP contribution in [0.1, 0.15) is 18.2 Å². The van der Waals surface area contributed by atoms with Gasteiger partial charge in [0, 0.05) is 31.9 Å². The maximum absolute atomic E-state index is 12.4. The summed E-state index contributed by atoms with van der Waals surface area (Å²) in [5, 5.41) is 12.3. The minimum absolute atomic E-state index is 0.0282. The summed E-state index contributed by atoms with van der Waals surface area (Å²) in [6.45, 7) is 12.7. The molecule has 0 atom stereocenters. The van der Waals surface area contributed by atoms with Crippen LogP contribution in [0.15, 0.2) is 58.8 Å². The van der Waals surface area contributed by atoms with Crippen LogP contribution in [-0.4, -0.2) is 46.1 Å². The van der Waals surface area contributed by atoms with E-state index in [1.165, 1.54) is 23.0 Å². The van der Waals surface area contributed by atoms with Crippen molar-refractivity contribution < 1.29 is 9.21 Å². The summed E-state index contributed by atoms with van der Waals surface area (Å²) < 4.78 is 7.33. The Balaban J connectivity index is 1.54. The molecule has 0 aliphatic heterocycles. The number of allylic oxidation sites excluding steroid dienone is 1. The number of furan rings is 1. The van der Waals surface area contributed by atoms with Crippen molar-refractivity contribution in [1.82, 2.24) is 20.1 Å². The van der Waals surface area contributed by atoms with E-state index < -0.39 is 0 Å². The zero-order valence-corrected chi connectivity index (χ0v) is 19.1. The maximum atomic E-state index is 12.4. The van der Waals surface area contributed by atoms with Gasteiger partial charge >= 0.3 is 0 Å². The van der Waals surface area contributed by atoms with Crippen LogP contribution in [-0.2, 0) is 11.3 Å². The summed E-state index contributed by atoms with van der Waals surface area (Å²) >= 11 is 1.37. The molecule has 164 valence electrons. The van der Waals surface area contributed by atoms with Gasteiger partial charge in [0.2, 0.25) is 5.91 Å². The zero-order chi connectivity index (χ0) is 22.2. The Hall–Kier alpha value is -3.00. The first-order valence-corrected chi connectivity index (χ1v) is 11.3. The fraction of sp³-hybridized carbons (Fsp3) is 0.348. The Bertz CT molecular complexity index is 1030. The summed E-state index contributed by atoms with van der Waals surface area (Å²) in [6, 6.07) is 10.3. The van der Waals surface area contributed by atoms with Gasteiger partial charge in [-0.3, -0.25) is 9.36 Å². The average Bonchev–Trinajstić information content (AvgIpc) is 3.35. The van der Waals surface area contributed by atoms with E-state index in [2.05, 4.69) is 65.1 Å². The van der Waals surface area contributed by atoms with Crippen LogP contribution in [0.3, 0.4) is 0 Å². The van der Waals surface area contributed by atoms with Crippen LogP contribution in [0, 0.1) is 13.8 Å². The van der Waals surface area contributed by atoms with Gasteiger partial charge in [0.05, 0.1) is 17.6 Å². The third kappa shape index (κ3) is 5.79. The topological polar surface area (TPSA) is 76.2 Å². The normalized spacial score (nSPS) is 10.8. The van der Waals surface area contributed by atoms with E-state index >= 15 is 0 Å². The highest BCUT2D eigenvalue weighted by molar-refractivity contribution is 7.99. The molecule has 3 aromatic rings. The fourth-order valence-electron chi connectivity index (χ4n) is 3.31. The van der Waals surface area contributed by atoms with Crippen molar-refractivity contribution in [1.29, 1.82) is 0 Å². The Morgan fingerprint density at radius 2 is 2.16 bits per heavy atom.